The molecule has 1 fully saturated rings. The van der Waals surface area contributed by atoms with Crippen molar-refractivity contribution in [2.75, 3.05) is 17.7 Å². The molecule has 0 spiro atoms. The quantitative estimate of drug-likeness (QED) is 0.595. The molecule has 0 aliphatic carbocycles. The molecular formula is C12H14N2OS. The third-order valence-electron chi connectivity index (χ3n) is 2.71. The Bertz CT molecular complexity index is 431. The maximum Gasteiger partial charge on any atom is 0.227 e. The molecule has 2 rings (SSSR count). The van der Waals surface area contributed by atoms with Gasteiger partial charge in [-0.1, -0.05) is 6.07 Å². The lowest BCUT2D eigenvalue weighted by atomic mass is 10.2. The Kier molecular flexibility index (Phi) is 3.29. The van der Waals surface area contributed by atoms with Crippen molar-refractivity contribution in [3.8, 4) is 0 Å². The molecule has 1 heterocycles. The van der Waals surface area contributed by atoms with Crippen molar-refractivity contribution < 1.29 is 4.79 Å². The molecule has 1 aliphatic heterocycles. The number of aliphatic imine (C=N–C) groups is 1. The minimum absolute atomic E-state index is 0.205. The summed E-state index contributed by atoms with van der Waals surface area (Å²) in [6.45, 7) is 4.37. The molecule has 16 heavy (non-hydrogen) atoms. The molecule has 4 heteroatoms. The molecule has 1 aromatic carbocycles. The fourth-order valence-electron chi connectivity index (χ4n) is 1.96. The van der Waals surface area contributed by atoms with Gasteiger partial charge in [0.25, 0.3) is 0 Å². The number of rotatable bonds is 3. The third-order valence-corrected chi connectivity index (χ3v) is 3.54. The van der Waals surface area contributed by atoms with E-state index in [2.05, 4.69) is 11.7 Å². The highest BCUT2D eigenvalue weighted by atomic mass is 32.2. The Morgan fingerprint density at radius 2 is 2.31 bits per heavy atom. The van der Waals surface area contributed by atoms with Crippen molar-refractivity contribution in [2.45, 2.75) is 17.7 Å². The predicted octanol–water partition coefficient (Wildman–Crippen LogP) is 2.87. The van der Waals surface area contributed by atoms with Gasteiger partial charge < -0.3 is 4.90 Å². The van der Waals surface area contributed by atoms with Gasteiger partial charge in [0, 0.05) is 13.0 Å². The lowest BCUT2D eigenvalue weighted by Gasteiger charge is -2.19. The van der Waals surface area contributed by atoms with Crippen LogP contribution >= 0.6 is 11.8 Å². The van der Waals surface area contributed by atoms with Crippen molar-refractivity contribution >= 4 is 35.8 Å². The number of benzene rings is 1. The van der Waals surface area contributed by atoms with E-state index in [1.165, 1.54) is 0 Å². The van der Waals surface area contributed by atoms with E-state index in [4.69, 9.17) is 0 Å². The van der Waals surface area contributed by atoms with E-state index < -0.39 is 0 Å². The summed E-state index contributed by atoms with van der Waals surface area (Å²) in [5, 5.41) is 0. The third kappa shape index (κ3) is 1.85. The summed E-state index contributed by atoms with van der Waals surface area (Å²) in [4.78, 5) is 18.6. The van der Waals surface area contributed by atoms with Crippen LogP contribution < -0.4 is 4.90 Å². The molecule has 0 saturated carbocycles. The van der Waals surface area contributed by atoms with Gasteiger partial charge in [-0.05, 0) is 31.5 Å². The Balaban J connectivity index is 2.47. The van der Waals surface area contributed by atoms with Crippen LogP contribution in [0, 0.1) is 0 Å². The van der Waals surface area contributed by atoms with E-state index in [1.807, 2.05) is 29.4 Å². The Hall–Kier alpha value is -1.29. The number of hydrogen-bond acceptors (Lipinski definition) is 3. The van der Waals surface area contributed by atoms with Crippen LogP contribution in [0.2, 0.25) is 0 Å². The van der Waals surface area contributed by atoms with Crippen molar-refractivity contribution in [3.63, 3.8) is 0 Å². The van der Waals surface area contributed by atoms with Gasteiger partial charge in [-0.2, -0.15) is 0 Å². The molecule has 84 valence electrons. The molecule has 3 nitrogen and oxygen atoms in total. The normalized spacial score (nSPS) is 15.6. The molecular weight excluding hydrogens is 220 g/mol. The van der Waals surface area contributed by atoms with Crippen LogP contribution in [-0.2, 0) is 4.79 Å². The summed E-state index contributed by atoms with van der Waals surface area (Å²) in [6.07, 6.45) is 3.59. The molecule has 0 N–H and O–H groups in total. The van der Waals surface area contributed by atoms with Gasteiger partial charge in [0.2, 0.25) is 5.91 Å². The fourth-order valence-corrected chi connectivity index (χ4v) is 2.69. The number of nitrogens with zero attached hydrogens (tertiary/aromatic N) is 2. The van der Waals surface area contributed by atoms with Crippen LogP contribution in [0.3, 0.4) is 0 Å². The zero-order chi connectivity index (χ0) is 11.5. The summed E-state index contributed by atoms with van der Waals surface area (Å²) in [7, 11) is 0. The summed E-state index contributed by atoms with van der Waals surface area (Å²) in [5.74, 6) is 0.205. The summed E-state index contributed by atoms with van der Waals surface area (Å²) < 4.78 is 0. The van der Waals surface area contributed by atoms with Gasteiger partial charge in [-0.15, -0.1) is 11.8 Å². The zero-order valence-electron chi connectivity index (χ0n) is 9.27. The maximum atomic E-state index is 11.7. The number of thioether (sulfide) groups is 1. The van der Waals surface area contributed by atoms with Gasteiger partial charge in [-0.25, -0.2) is 0 Å². The molecule has 1 aliphatic rings. The molecule has 0 unspecified atom stereocenters. The van der Waals surface area contributed by atoms with Crippen molar-refractivity contribution in [2.24, 2.45) is 4.99 Å². The van der Waals surface area contributed by atoms with E-state index in [-0.39, 0.29) is 5.91 Å². The number of carbonyl (C=O) groups excluding carboxylic acids is 1. The molecule has 1 saturated heterocycles. The smallest absolute Gasteiger partial charge is 0.227 e. The van der Waals surface area contributed by atoms with Crippen molar-refractivity contribution in [1.29, 1.82) is 0 Å². The Morgan fingerprint density at radius 3 is 2.88 bits per heavy atom. The lowest BCUT2D eigenvalue weighted by Crippen LogP contribution is -2.24. The highest BCUT2D eigenvalue weighted by Gasteiger charge is 2.24. The standard InChI is InChI=1S/C12H14N2OS/c1-13-9-5-3-6-10(12(9)16-2)14-8-4-7-11(14)15/h3,5-6H,1,4,7-8H2,2H3. The highest BCUT2D eigenvalue weighted by molar-refractivity contribution is 7.99. The summed E-state index contributed by atoms with van der Waals surface area (Å²) >= 11 is 1.61. The fraction of sp³-hybridized carbons (Fsp3) is 0.333. The van der Waals surface area contributed by atoms with Gasteiger partial charge in [0.1, 0.15) is 0 Å². The van der Waals surface area contributed by atoms with E-state index >= 15 is 0 Å². The molecule has 0 aromatic heterocycles. The first-order valence-corrected chi connectivity index (χ1v) is 6.44. The van der Waals surface area contributed by atoms with E-state index in [0.717, 1.165) is 29.2 Å². The monoisotopic (exact) mass is 234 g/mol. The van der Waals surface area contributed by atoms with Crippen LogP contribution in [0.25, 0.3) is 0 Å². The minimum Gasteiger partial charge on any atom is -0.311 e. The van der Waals surface area contributed by atoms with Gasteiger partial charge in [0.15, 0.2) is 0 Å². The average Bonchev–Trinajstić information content (AvgIpc) is 2.74. The second kappa shape index (κ2) is 4.70. The lowest BCUT2D eigenvalue weighted by molar-refractivity contribution is -0.117. The summed E-state index contributed by atoms with van der Waals surface area (Å²) in [5.41, 5.74) is 1.82. The van der Waals surface area contributed by atoms with Crippen LogP contribution in [0.5, 0.6) is 0 Å². The van der Waals surface area contributed by atoms with Crippen molar-refractivity contribution in [3.05, 3.63) is 18.2 Å². The summed E-state index contributed by atoms with van der Waals surface area (Å²) in [6, 6.07) is 5.82. The van der Waals surface area contributed by atoms with E-state index in [9.17, 15) is 4.79 Å². The minimum atomic E-state index is 0.205. The maximum absolute atomic E-state index is 11.7. The van der Waals surface area contributed by atoms with Gasteiger partial charge in [0.05, 0.1) is 16.3 Å². The van der Waals surface area contributed by atoms with Gasteiger partial charge >= 0.3 is 0 Å². The number of carbonyl (C=O) groups is 1. The molecule has 0 bridgehead atoms. The van der Waals surface area contributed by atoms with Crippen LogP contribution in [-0.4, -0.2) is 25.4 Å². The second-order valence-corrected chi connectivity index (χ2v) is 4.45. The SMILES string of the molecule is C=Nc1cccc(N2CCCC2=O)c1SC. The Labute approximate surface area is 99.6 Å². The molecule has 1 amide bonds. The largest absolute Gasteiger partial charge is 0.311 e. The van der Waals surface area contributed by atoms with Gasteiger partial charge in [-0.3, -0.25) is 9.79 Å². The predicted molar refractivity (Wildman–Crippen MR) is 69.0 cm³/mol. The number of anilines is 1. The van der Waals surface area contributed by atoms with Crippen LogP contribution in [0.15, 0.2) is 28.1 Å². The van der Waals surface area contributed by atoms with E-state index in [1.54, 1.807) is 11.8 Å². The Morgan fingerprint density at radius 1 is 1.50 bits per heavy atom. The first-order valence-electron chi connectivity index (χ1n) is 5.22. The molecule has 0 radical (unpaired) electrons. The average molecular weight is 234 g/mol. The first kappa shape index (κ1) is 11.2. The van der Waals surface area contributed by atoms with Crippen molar-refractivity contribution in [1.82, 2.24) is 0 Å². The topological polar surface area (TPSA) is 32.7 Å². The van der Waals surface area contributed by atoms with Crippen LogP contribution in [0.4, 0.5) is 11.4 Å². The number of hydrogen-bond donors (Lipinski definition) is 0. The highest BCUT2D eigenvalue weighted by Crippen LogP contribution is 2.38. The zero-order valence-corrected chi connectivity index (χ0v) is 10.1. The van der Waals surface area contributed by atoms with Crippen LogP contribution in [0.1, 0.15) is 12.8 Å². The van der Waals surface area contributed by atoms with E-state index in [0.29, 0.717) is 6.42 Å². The second-order valence-electron chi connectivity index (χ2n) is 3.64. The molecule has 1 aromatic rings. The first-order chi connectivity index (χ1) is 7.77. The molecule has 0 atom stereocenters. The number of amides is 1.